The number of amides is 2. The van der Waals surface area contributed by atoms with Crippen LogP contribution in [0.15, 0.2) is 0 Å². The van der Waals surface area contributed by atoms with E-state index >= 15 is 0 Å². The molecule has 3 saturated heterocycles. The second-order valence-corrected chi connectivity index (χ2v) is 10.8. The van der Waals surface area contributed by atoms with Crippen molar-refractivity contribution in [1.82, 2.24) is 20.2 Å². The molecule has 6 aliphatic rings. The van der Waals surface area contributed by atoms with Gasteiger partial charge >= 0.3 is 6.09 Å². The van der Waals surface area contributed by atoms with Crippen molar-refractivity contribution < 1.29 is 19.1 Å². The molecule has 0 aromatic rings. The van der Waals surface area contributed by atoms with Crippen LogP contribution in [-0.4, -0.2) is 89.9 Å². The molecule has 0 radical (unpaired) electrons. The summed E-state index contributed by atoms with van der Waals surface area (Å²) in [5.41, 5.74) is 3.62. The second-order valence-electron chi connectivity index (χ2n) is 10.8. The number of nitrogens with zero attached hydrogens (tertiary/aromatic N) is 3. The molecule has 8 heteroatoms. The fraction of sp³-hybridized carbons (Fsp3) is 0.913. The summed E-state index contributed by atoms with van der Waals surface area (Å²) in [6.07, 6.45) is 7.48. The zero-order valence-corrected chi connectivity index (χ0v) is 18.6. The Hall–Kier alpha value is -1.38. The van der Waals surface area contributed by atoms with E-state index in [1.807, 2.05) is 4.90 Å². The van der Waals surface area contributed by atoms with Gasteiger partial charge in [0.2, 0.25) is 5.91 Å². The molecule has 1 N–H and O–H groups in total. The predicted molar refractivity (Wildman–Crippen MR) is 113 cm³/mol. The van der Waals surface area contributed by atoms with Crippen molar-refractivity contribution in [2.75, 3.05) is 32.8 Å². The van der Waals surface area contributed by atoms with Crippen molar-refractivity contribution in [3.05, 3.63) is 0 Å². The third-order valence-electron chi connectivity index (χ3n) is 8.45. The van der Waals surface area contributed by atoms with Gasteiger partial charge in [0.25, 0.3) is 0 Å². The van der Waals surface area contributed by atoms with E-state index in [1.54, 1.807) is 0 Å². The summed E-state index contributed by atoms with van der Waals surface area (Å²) in [4.78, 5) is 30.4. The third kappa shape index (κ3) is 3.85. The minimum atomic E-state index is -0.210. The predicted octanol–water partition coefficient (Wildman–Crippen LogP) is 1.60. The van der Waals surface area contributed by atoms with Crippen molar-refractivity contribution in [1.29, 1.82) is 0 Å². The van der Waals surface area contributed by atoms with Crippen LogP contribution in [0.5, 0.6) is 0 Å². The minimum Gasteiger partial charge on any atom is -0.441 e. The van der Waals surface area contributed by atoms with Gasteiger partial charge in [0.1, 0.15) is 0 Å². The Morgan fingerprint density at radius 2 is 1.77 bits per heavy atom. The number of piperazine rings is 1. The number of ether oxygens (including phenoxy) is 2. The Morgan fingerprint density at radius 3 is 2.45 bits per heavy atom. The van der Waals surface area contributed by atoms with Crippen LogP contribution in [0.25, 0.3) is 0 Å². The van der Waals surface area contributed by atoms with Gasteiger partial charge in [-0.25, -0.2) is 9.80 Å². The average molecular weight is 433 g/mol. The molecular formula is C23H36N4O4. The first kappa shape index (κ1) is 20.2. The fourth-order valence-electron chi connectivity index (χ4n) is 6.31. The van der Waals surface area contributed by atoms with Gasteiger partial charge < -0.3 is 19.3 Å². The van der Waals surface area contributed by atoms with Crippen molar-refractivity contribution in [3.63, 3.8) is 0 Å². The molecule has 3 aliphatic heterocycles. The molecular weight excluding hydrogens is 396 g/mol. The summed E-state index contributed by atoms with van der Waals surface area (Å²) < 4.78 is 10.9. The monoisotopic (exact) mass is 432 g/mol. The van der Waals surface area contributed by atoms with Gasteiger partial charge in [0.05, 0.1) is 25.3 Å². The Bertz CT molecular complexity index is 722. The normalized spacial score (nSPS) is 39.2. The largest absolute Gasteiger partial charge is 0.441 e. The summed E-state index contributed by atoms with van der Waals surface area (Å²) >= 11 is 0. The molecule has 31 heavy (non-hydrogen) atoms. The molecule has 0 aromatic carbocycles. The molecule has 5 atom stereocenters. The van der Waals surface area contributed by atoms with Gasteiger partial charge in [0, 0.05) is 37.6 Å². The number of carbonyl (C=O) groups excluding carboxylic acids is 2. The number of fused-ring (bicyclic) bond motifs is 1. The zero-order chi connectivity index (χ0) is 21.1. The van der Waals surface area contributed by atoms with Crippen LogP contribution in [0.3, 0.4) is 0 Å². The first-order chi connectivity index (χ1) is 15.1. The molecule has 6 fully saturated rings. The summed E-state index contributed by atoms with van der Waals surface area (Å²) in [6.45, 7) is 5.85. The van der Waals surface area contributed by atoms with Crippen molar-refractivity contribution in [2.24, 2.45) is 17.8 Å². The lowest BCUT2D eigenvalue weighted by Gasteiger charge is -2.54. The first-order valence-corrected chi connectivity index (χ1v) is 12.5. The Balaban J connectivity index is 1.19. The number of rotatable bonds is 4. The van der Waals surface area contributed by atoms with E-state index in [-0.39, 0.29) is 36.2 Å². The molecule has 0 spiro atoms. The standard InChI is InChI=1S/C23H36N4O4/c1-14-10-25(23(29)31-19-12-30-13-19)21-8-16(17-9-24-26(11-17)18-5-6-18)4-7-20(21)27(14)22(28)15-2-3-15/h14-21,24H,2-13H2,1H3/t14-,16?,17?,20?,21?/m0/s1. The second kappa shape index (κ2) is 7.89. The van der Waals surface area contributed by atoms with Gasteiger partial charge in [-0.2, -0.15) is 0 Å². The molecule has 0 aromatic heterocycles. The van der Waals surface area contributed by atoms with Crippen LogP contribution in [0.4, 0.5) is 4.79 Å². The van der Waals surface area contributed by atoms with Crippen LogP contribution in [0.1, 0.15) is 51.9 Å². The van der Waals surface area contributed by atoms with E-state index in [1.165, 1.54) is 12.8 Å². The number of nitrogens with one attached hydrogen (secondary N) is 1. The summed E-state index contributed by atoms with van der Waals surface area (Å²) in [6, 6.07) is 0.989. The van der Waals surface area contributed by atoms with Gasteiger partial charge in [-0.05, 0) is 63.7 Å². The van der Waals surface area contributed by atoms with Crippen LogP contribution < -0.4 is 5.43 Å². The summed E-state index contributed by atoms with van der Waals surface area (Å²) in [5, 5.41) is 2.45. The first-order valence-electron chi connectivity index (χ1n) is 12.5. The maximum Gasteiger partial charge on any atom is 0.410 e. The molecule has 3 aliphatic carbocycles. The molecule has 8 nitrogen and oxygen atoms in total. The van der Waals surface area contributed by atoms with Crippen LogP contribution in [0.2, 0.25) is 0 Å². The van der Waals surface area contributed by atoms with Crippen LogP contribution in [0, 0.1) is 17.8 Å². The van der Waals surface area contributed by atoms with E-state index in [4.69, 9.17) is 9.47 Å². The van der Waals surface area contributed by atoms with E-state index in [0.29, 0.717) is 37.5 Å². The number of hydrogen-bond acceptors (Lipinski definition) is 6. The van der Waals surface area contributed by atoms with E-state index in [9.17, 15) is 9.59 Å². The molecule has 0 bridgehead atoms. The van der Waals surface area contributed by atoms with Crippen LogP contribution >= 0.6 is 0 Å². The minimum absolute atomic E-state index is 0.0506. The summed E-state index contributed by atoms with van der Waals surface area (Å²) in [5.74, 6) is 1.76. The molecule has 3 heterocycles. The number of carbonyl (C=O) groups is 2. The highest BCUT2D eigenvalue weighted by Crippen LogP contribution is 2.43. The molecule has 172 valence electrons. The van der Waals surface area contributed by atoms with Gasteiger partial charge in [0.15, 0.2) is 6.10 Å². The maximum atomic E-state index is 13.2. The smallest absolute Gasteiger partial charge is 0.410 e. The number of hydrogen-bond donors (Lipinski definition) is 1. The lowest BCUT2D eigenvalue weighted by Crippen LogP contribution is -2.68. The van der Waals surface area contributed by atoms with Gasteiger partial charge in [-0.1, -0.05) is 0 Å². The fourth-order valence-corrected chi connectivity index (χ4v) is 6.31. The SMILES string of the molecule is C[C@H]1CN(C(=O)OC2COC2)C2CC(C3CNN(C4CC4)C3)CCC2N1C(=O)C1CC1. The van der Waals surface area contributed by atoms with Gasteiger partial charge in [-0.15, -0.1) is 0 Å². The highest BCUT2D eigenvalue weighted by atomic mass is 16.6. The molecule has 3 saturated carbocycles. The molecule has 2 amide bonds. The van der Waals surface area contributed by atoms with E-state index in [0.717, 1.165) is 51.2 Å². The summed E-state index contributed by atoms with van der Waals surface area (Å²) in [7, 11) is 0. The van der Waals surface area contributed by atoms with Crippen molar-refractivity contribution in [3.8, 4) is 0 Å². The third-order valence-corrected chi connectivity index (χ3v) is 8.45. The van der Waals surface area contributed by atoms with E-state index < -0.39 is 0 Å². The maximum absolute atomic E-state index is 13.2. The van der Waals surface area contributed by atoms with Gasteiger partial charge in [-0.3, -0.25) is 10.2 Å². The quantitative estimate of drug-likeness (QED) is 0.728. The zero-order valence-electron chi connectivity index (χ0n) is 18.6. The Labute approximate surface area is 184 Å². The van der Waals surface area contributed by atoms with Crippen molar-refractivity contribution in [2.45, 2.75) is 82.1 Å². The highest BCUT2D eigenvalue weighted by molar-refractivity contribution is 5.82. The Morgan fingerprint density at radius 1 is 0.968 bits per heavy atom. The highest BCUT2D eigenvalue weighted by Gasteiger charge is 2.51. The Kier molecular flexibility index (Phi) is 5.15. The topological polar surface area (TPSA) is 74.4 Å². The molecule has 6 rings (SSSR count). The van der Waals surface area contributed by atoms with E-state index in [2.05, 4.69) is 22.3 Å². The average Bonchev–Trinajstić information content (AvgIpc) is 3.67. The lowest BCUT2D eigenvalue weighted by atomic mass is 9.73. The van der Waals surface area contributed by atoms with Crippen molar-refractivity contribution >= 4 is 12.0 Å². The van der Waals surface area contributed by atoms with Crippen LogP contribution in [-0.2, 0) is 14.3 Å². The number of hydrazine groups is 1. The lowest BCUT2D eigenvalue weighted by molar-refractivity contribution is -0.149. The molecule has 4 unspecified atom stereocenters.